The zero-order chi connectivity index (χ0) is 19.5. The van der Waals surface area contributed by atoms with Crippen LogP contribution in [0.4, 0.5) is 4.39 Å². The maximum Gasteiger partial charge on any atom is 0.350 e. The van der Waals surface area contributed by atoms with Crippen LogP contribution >= 0.6 is 0 Å². The van der Waals surface area contributed by atoms with E-state index in [0.717, 1.165) is 31.2 Å². The van der Waals surface area contributed by atoms with E-state index in [4.69, 9.17) is 0 Å². The van der Waals surface area contributed by atoms with Gasteiger partial charge in [-0.2, -0.15) is 0 Å². The highest BCUT2D eigenvalue weighted by molar-refractivity contribution is 5.76. The van der Waals surface area contributed by atoms with Gasteiger partial charge in [-0.05, 0) is 42.7 Å². The Morgan fingerprint density at radius 2 is 1.86 bits per heavy atom. The SMILES string of the molecule is O=C(Cn1nc2ccccn2c1=O)N(Cc1ccc(F)cc1)C1CCCCC1. The molecule has 1 amide bonds. The van der Waals surface area contributed by atoms with Crippen LogP contribution in [0.2, 0.25) is 0 Å². The molecule has 6 nitrogen and oxygen atoms in total. The summed E-state index contributed by atoms with van der Waals surface area (Å²) in [6, 6.07) is 11.7. The zero-order valence-corrected chi connectivity index (χ0v) is 15.6. The molecule has 1 aromatic carbocycles. The van der Waals surface area contributed by atoms with E-state index >= 15 is 0 Å². The molecular formula is C21H23FN4O2. The second-order valence-corrected chi connectivity index (χ2v) is 7.31. The number of carbonyl (C=O) groups excluding carboxylic acids is 1. The molecule has 0 spiro atoms. The lowest BCUT2D eigenvalue weighted by Gasteiger charge is -2.34. The summed E-state index contributed by atoms with van der Waals surface area (Å²) in [5.74, 6) is -0.433. The maximum absolute atomic E-state index is 13.2. The summed E-state index contributed by atoms with van der Waals surface area (Å²) >= 11 is 0. The minimum Gasteiger partial charge on any atom is -0.334 e. The molecule has 0 aliphatic heterocycles. The number of nitrogens with zero attached hydrogens (tertiary/aromatic N) is 4. The lowest BCUT2D eigenvalue weighted by atomic mass is 9.93. The molecule has 1 aliphatic rings. The number of pyridine rings is 1. The average Bonchev–Trinajstić information content (AvgIpc) is 3.04. The number of benzene rings is 1. The molecule has 28 heavy (non-hydrogen) atoms. The highest BCUT2D eigenvalue weighted by Gasteiger charge is 2.26. The molecule has 4 rings (SSSR count). The number of halogens is 1. The van der Waals surface area contributed by atoms with Gasteiger partial charge in [0.05, 0.1) is 0 Å². The van der Waals surface area contributed by atoms with E-state index < -0.39 is 0 Å². The van der Waals surface area contributed by atoms with Crippen LogP contribution in [-0.2, 0) is 17.9 Å². The van der Waals surface area contributed by atoms with Gasteiger partial charge >= 0.3 is 5.69 Å². The molecule has 0 radical (unpaired) electrons. The second kappa shape index (κ2) is 7.96. The predicted octanol–water partition coefficient (Wildman–Crippen LogP) is 3.00. The molecule has 0 N–H and O–H groups in total. The monoisotopic (exact) mass is 382 g/mol. The third kappa shape index (κ3) is 3.83. The highest BCUT2D eigenvalue weighted by atomic mass is 19.1. The fraction of sp³-hybridized carbons (Fsp3) is 0.381. The first-order chi connectivity index (χ1) is 13.6. The van der Waals surface area contributed by atoms with Gasteiger partial charge in [0.2, 0.25) is 5.91 Å². The van der Waals surface area contributed by atoms with Crippen LogP contribution in [0, 0.1) is 5.82 Å². The summed E-state index contributed by atoms with van der Waals surface area (Å²) in [7, 11) is 0. The van der Waals surface area contributed by atoms with Crippen molar-refractivity contribution in [3.8, 4) is 0 Å². The number of aromatic nitrogens is 3. The van der Waals surface area contributed by atoms with Gasteiger partial charge in [0, 0.05) is 18.8 Å². The van der Waals surface area contributed by atoms with Crippen LogP contribution in [0.5, 0.6) is 0 Å². The topological polar surface area (TPSA) is 59.6 Å². The van der Waals surface area contributed by atoms with Gasteiger partial charge in [0.25, 0.3) is 0 Å². The van der Waals surface area contributed by atoms with Gasteiger partial charge in [-0.1, -0.05) is 37.5 Å². The number of carbonyl (C=O) groups is 1. The quantitative estimate of drug-likeness (QED) is 0.682. The van der Waals surface area contributed by atoms with Crippen LogP contribution in [0.25, 0.3) is 5.65 Å². The summed E-state index contributed by atoms with van der Waals surface area (Å²) in [6.07, 6.45) is 6.91. The van der Waals surface area contributed by atoms with Crippen LogP contribution in [0.15, 0.2) is 53.5 Å². The normalized spacial score (nSPS) is 15.0. The Kier molecular flexibility index (Phi) is 5.23. The van der Waals surface area contributed by atoms with Gasteiger partial charge in [-0.25, -0.2) is 13.9 Å². The Bertz CT molecular complexity index is 1020. The van der Waals surface area contributed by atoms with Crippen LogP contribution in [0.3, 0.4) is 0 Å². The number of fused-ring (bicyclic) bond motifs is 1. The van der Waals surface area contributed by atoms with Crippen molar-refractivity contribution < 1.29 is 9.18 Å². The Labute approximate surface area is 162 Å². The van der Waals surface area contributed by atoms with Gasteiger partial charge in [0.1, 0.15) is 12.4 Å². The average molecular weight is 382 g/mol. The summed E-state index contributed by atoms with van der Waals surface area (Å²) < 4.78 is 15.9. The van der Waals surface area contributed by atoms with Gasteiger partial charge in [0.15, 0.2) is 5.65 Å². The Hall–Kier alpha value is -2.96. The largest absolute Gasteiger partial charge is 0.350 e. The van der Waals surface area contributed by atoms with E-state index in [9.17, 15) is 14.0 Å². The summed E-state index contributed by atoms with van der Waals surface area (Å²) in [5.41, 5.74) is 1.07. The molecule has 0 saturated heterocycles. The number of hydrogen-bond donors (Lipinski definition) is 0. The second-order valence-electron chi connectivity index (χ2n) is 7.31. The van der Waals surface area contributed by atoms with Crippen LogP contribution in [0.1, 0.15) is 37.7 Å². The van der Waals surface area contributed by atoms with Crippen molar-refractivity contribution in [1.82, 2.24) is 19.1 Å². The van der Waals surface area contributed by atoms with Crippen molar-refractivity contribution in [3.05, 3.63) is 70.5 Å². The lowest BCUT2D eigenvalue weighted by molar-refractivity contribution is -0.135. The third-order valence-corrected chi connectivity index (χ3v) is 5.38. The molecule has 0 unspecified atom stereocenters. The Morgan fingerprint density at radius 1 is 1.11 bits per heavy atom. The Balaban J connectivity index is 1.58. The van der Waals surface area contributed by atoms with Crippen molar-refractivity contribution >= 4 is 11.6 Å². The van der Waals surface area contributed by atoms with Crippen molar-refractivity contribution in [2.75, 3.05) is 0 Å². The molecule has 3 aromatic rings. The summed E-state index contributed by atoms with van der Waals surface area (Å²) in [4.78, 5) is 27.5. The number of hydrogen-bond acceptors (Lipinski definition) is 3. The van der Waals surface area contributed by atoms with Crippen molar-refractivity contribution in [2.24, 2.45) is 0 Å². The van der Waals surface area contributed by atoms with E-state index in [0.29, 0.717) is 12.2 Å². The molecule has 0 atom stereocenters. The van der Waals surface area contributed by atoms with E-state index in [-0.39, 0.29) is 30.0 Å². The Morgan fingerprint density at radius 3 is 2.57 bits per heavy atom. The fourth-order valence-electron chi connectivity index (χ4n) is 3.89. The molecular weight excluding hydrogens is 359 g/mol. The highest BCUT2D eigenvalue weighted by Crippen LogP contribution is 2.24. The third-order valence-electron chi connectivity index (χ3n) is 5.38. The van der Waals surface area contributed by atoms with Crippen LogP contribution < -0.4 is 5.69 Å². The van der Waals surface area contributed by atoms with Crippen molar-refractivity contribution in [2.45, 2.75) is 51.2 Å². The summed E-state index contributed by atoms with van der Waals surface area (Å²) in [5, 5.41) is 4.27. The minimum atomic E-state index is -0.325. The smallest absolute Gasteiger partial charge is 0.334 e. The van der Waals surface area contributed by atoms with Gasteiger partial charge in [-0.15, -0.1) is 5.10 Å². The lowest BCUT2D eigenvalue weighted by Crippen LogP contribution is -2.43. The molecule has 7 heteroatoms. The predicted molar refractivity (Wildman–Crippen MR) is 103 cm³/mol. The van der Waals surface area contributed by atoms with Gasteiger partial charge < -0.3 is 4.90 Å². The maximum atomic E-state index is 13.2. The first kappa shape index (κ1) is 18.4. The zero-order valence-electron chi connectivity index (χ0n) is 15.6. The van der Waals surface area contributed by atoms with E-state index in [1.165, 1.54) is 27.6 Å². The fourth-order valence-corrected chi connectivity index (χ4v) is 3.89. The van der Waals surface area contributed by atoms with Crippen LogP contribution in [-0.4, -0.2) is 31.0 Å². The molecule has 2 heterocycles. The molecule has 1 aliphatic carbocycles. The number of amides is 1. The van der Waals surface area contributed by atoms with Crippen molar-refractivity contribution in [3.63, 3.8) is 0 Å². The standard InChI is InChI=1S/C21H23FN4O2/c22-17-11-9-16(10-12-17)14-25(18-6-2-1-3-7-18)20(27)15-26-21(28)24-13-5-4-8-19(24)23-26/h4-5,8-13,18H,1-3,6-7,14-15H2. The first-order valence-corrected chi connectivity index (χ1v) is 9.70. The molecule has 146 valence electrons. The molecule has 2 aromatic heterocycles. The number of rotatable bonds is 5. The summed E-state index contributed by atoms with van der Waals surface area (Å²) in [6.45, 7) is 0.310. The van der Waals surface area contributed by atoms with E-state index in [2.05, 4.69) is 5.10 Å². The molecule has 0 bridgehead atoms. The molecule has 1 fully saturated rings. The first-order valence-electron chi connectivity index (χ1n) is 9.70. The van der Waals surface area contributed by atoms with Crippen molar-refractivity contribution in [1.29, 1.82) is 0 Å². The molecule has 1 saturated carbocycles. The van der Waals surface area contributed by atoms with E-state index in [1.807, 2.05) is 4.90 Å². The van der Waals surface area contributed by atoms with Gasteiger partial charge in [-0.3, -0.25) is 9.20 Å². The van der Waals surface area contributed by atoms with E-state index in [1.54, 1.807) is 36.5 Å². The minimum absolute atomic E-state index is 0.0990.